The van der Waals surface area contributed by atoms with E-state index in [1.807, 2.05) is 0 Å². The average molecular weight is 284 g/mol. The van der Waals surface area contributed by atoms with E-state index in [0.717, 1.165) is 12.3 Å². The van der Waals surface area contributed by atoms with Crippen LogP contribution in [-0.4, -0.2) is 31.0 Å². The van der Waals surface area contributed by atoms with Crippen molar-refractivity contribution in [2.75, 3.05) is 6.54 Å². The largest absolute Gasteiger partial charge is 0.480 e. The van der Waals surface area contributed by atoms with Crippen molar-refractivity contribution in [1.29, 1.82) is 0 Å². The molecule has 1 aromatic rings. The number of halogens is 3. The summed E-state index contributed by atoms with van der Waals surface area (Å²) in [5, 5.41) is 8.29. The summed E-state index contributed by atoms with van der Waals surface area (Å²) in [6.07, 6.45) is -4.16. The number of carboxylic acids is 1. The highest BCUT2D eigenvalue weighted by Crippen LogP contribution is 2.31. The summed E-state index contributed by atoms with van der Waals surface area (Å²) >= 11 is 0. The lowest BCUT2D eigenvalue weighted by Crippen LogP contribution is -2.31. The zero-order valence-electron chi connectivity index (χ0n) is 8.60. The van der Waals surface area contributed by atoms with Crippen molar-refractivity contribution in [2.45, 2.75) is 11.1 Å². The molecular weight excluding hydrogens is 277 g/mol. The Kier molecular flexibility index (Phi) is 3.92. The van der Waals surface area contributed by atoms with Gasteiger partial charge in [-0.15, -0.1) is 0 Å². The predicted octanol–water partition coefficient (Wildman–Crippen LogP) is 0.463. The second kappa shape index (κ2) is 4.90. The van der Waals surface area contributed by atoms with E-state index >= 15 is 0 Å². The molecule has 2 N–H and O–H groups in total. The Labute approximate surface area is 99.5 Å². The number of aliphatic carboxylic acids is 1. The zero-order valence-corrected chi connectivity index (χ0v) is 9.42. The van der Waals surface area contributed by atoms with E-state index < -0.39 is 39.3 Å². The van der Waals surface area contributed by atoms with Crippen molar-refractivity contribution in [3.05, 3.63) is 24.0 Å². The molecule has 0 aliphatic rings. The molecule has 0 amide bonds. The molecule has 18 heavy (non-hydrogen) atoms. The van der Waals surface area contributed by atoms with Gasteiger partial charge in [0, 0.05) is 6.20 Å². The number of hydrogen-bond donors (Lipinski definition) is 2. The molecule has 0 aromatic carbocycles. The van der Waals surface area contributed by atoms with Crippen LogP contribution < -0.4 is 4.72 Å². The highest BCUT2D eigenvalue weighted by atomic mass is 32.2. The number of hydrogen-bond acceptors (Lipinski definition) is 4. The van der Waals surface area contributed by atoms with Gasteiger partial charge in [0.05, 0.1) is 0 Å². The van der Waals surface area contributed by atoms with E-state index in [-0.39, 0.29) is 0 Å². The normalized spacial score (nSPS) is 12.4. The summed E-state index contributed by atoms with van der Waals surface area (Å²) in [4.78, 5) is 12.0. The first-order valence-electron chi connectivity index (χ1n) is 4.38. The van der Waals surface area contributed by atoms with Crippen LogP contribution in [0.25, 0.3) is 0 Å². The van der Waals surface area contributed by atoms with E-state index in [4.69, 9.17) is 5.11 Å². The number of nitrogens with one attached hydrogen (secondary N) is 1. The van der Waals surface area contributed by atoms with Crippen molar-refractivity contribution in [3.63, 3.8) is 0 Å². The Balaban J connectivity index is 3.21. The molecule has 0 radical (unpaired) electrons. The summed E-state index contributed by atoms with van der Waals surface area (Å²) in [6.45, 7) is -1.02. The first-order chi connectivity index (χ1) is 8.14. The van der Waals surface area contributed by atoms with Crippen LogP contribution in [0.4, 0.5) is 13.2 Å². The van der Waals surface area contributed by atoms with Crippen molar-refractivity contribution < 1.29 is 31.5 Å². The third-order valence-electron chi connectivity index (χ3n) is 1.74. The Hall–Kier alpha value is -1.68. The number of alkyl halides is 3. The average Bonchev–Trinajstić information content (AvgIpc) is 2.25. The van der Waals surface area contributed by atoms with E-state index in [0.29, 0.717) is 6.07 Å². The number of aromatic nitrogens is 1. The summed E-state index contributed by atoms with van der Waals surface area (Å²) in [5.74, 6) is -1.52. The molecule has 1 rings (SSSR count). The lowest BCUT2D eigenvalue weighted by molar-refractivity contribution is -0.143. The molecule has 0 spiro atoms. The standard InChI is InChI=1S/C8H7F3N2O4S/c9-8(10,11)7-5(2-1-3-12-7)18(16,17)13-4-6(14)15/h1-3,13H,4H2,(H,14,15). The summed E-state index contributed by atoms with van der Waals surface area (Å²) < 4.78 is 62.0. The van der Waals surface area contributed by atoms with Gasteiger partial charge in [-0.3, -0.25) is 9.78 Å². The van der Waals surface area contributed by atoms with Crippen LogP contribution in [0.1, 0.15) is 5.69 Å². The lowest BCUT2D eigenvalue weighted by atomic mass is 10.3. The van der Waals surface area contributed by atoms with E-state index in [1.165, 1.54) is 4.72 Å². The van der Waals surface area contributed by atoms with E-state index in [2.05, 4.69) is 4.98 Å². The second-order valence-electron chi connectivity index (χ2n) is 3.07. The molecule has 0 unspecified atom stereocenters. The number of carbonyl (C=O) groups is 1. The fourth-order valence-corrected chi connectivity index (χ4v) is 2.20. The van der Waals surface area contributed by atoms with Crippen LogP contribution in [0.5, 0.6) is 0 Å². The Bertz CT molecular complexity index is 556. The number of carboxylic acid groups (broad SMARTS) is 1. The van der Waals surface area contributed by atoms with Gasteiger partial charge in [-0.2, -0.15) is 17.9 Å². The molecule has 100 valence electrons. The van der Waals surface area contributed by atoms with Crippen molar-refractivity contribution in [1.82, 2.24) is 9.71 Å². The van der Waals surface area contributed by atoms with Gasteiger partial charge in [0.15, 0.2) is 5.69 Å². The highest BCUT2D eigenvalue weighted by Gasteiger charge is 2.38. The maximum absolute atomic E-state index is 12.5. The molecule has 0 fully saturated rings. The van der Waals surface area contributed by atoms with Crippen LogP contribution >= 0.6 is 0 Å². The van der Waals surface area contributed by atoms with Crippen LogP contribution in [0.3, 0.4) is 0 Å². The highest BCUT2D eigenvalue weighted by molar-refractivity contribution is 7.89. The van der Waals surface area contributed by atoms with E-state index in [1.54, 1.807) is 0 Å². The van der Waals surface area contributed by atoms with Gasteiger partial charge in [-0.05, 0) is 12.1 Å². The monoisotopic (exact) mass is 284 g/mol. The first kappa shape index (κ1) is 14.4. The van der Waals surface area contributed by atoms with Gasteiger partial charge in [-0.1, -0.05) is 0 Å². The molecule has 0 bridgehead atoms. The SMILES string of the molecule is O=C(O)CNS(=O)(=O)c1cccnc1C(F)(F)F. The molecule has 10 heteroatoms. The van der Waals surface area contributed by atoms with Crippen LogP contribution in [-0.2, 0) is 21.0 Å². The van der Waals surface area contributed by atoms with Crippen LogP contribution in [0.15, 0.2) is 23.2 Å². The third-order valence-corrected chi connectivity index (χ3v) is 3.17. The number of pyridine rings is 1. The van der Waals surface area contributed by atoms with Crippen molar-refractivity contribution >= 4 is 16.0 Å². The quantitative estimate of drug-likeness (QED) is 0.837. The van der Waals surface area contributed by atoms with Gasteiger partial charge in [0.25, 0.3) is 0 Å². The molecule has 6 nitrogen and oxygen atoms in total. The van der Waals surface area contributed by atoms with Gasteiger partial charge in [0.1, 0.15) is 11.4 Å². The smallest absolute Gasteiger partial charge is 0.434 e. The molecule has 0 aliphatic heterocycles. The van der Waals surface area contributed by atoms with Crippen molar-refractivity contribution in [3.8, 4) is 0 Å². The first-order valence-corrected chi connectivity index (χ1v) is 5.86. The van der Waals surface area contributed by atoms with Gasteiger partial charge >= 0.3 is 12.1 Å². The fraction of sp³-hybridized carbons (Fsp3) is 0.250. The summed E-state index contributed by atoms with van der Waals surface area (Å²) in [7, 11) is -4.58. The van der Waals surface area contributed by atoms with Crippen LogP contribution in [0, 0.1) is 0 Å². The number of nitrogens with zero attached hydrogens (tertiary/aromatic N) is 1. The molecular formula is C8H7F3N2O4S. The van der Waals surface area contributed by atoms with Gasteiger partial charge in [-0.25, -0.2) is 8.42 Å². The number of sulfonamides is 1. The molecule has 0 atom stereocenters. The van der Waals surface area contributed by atoms with Crippen molar-refractivity contribution in [2.24, 2.45) is 0 Å². The Morgan fingerprint density at radius 1 is 1.44 bits per heavy atom. The minimum absolute atomic E-state index is 0.694. The zero-order chi connectivity index (χ0) is 14.0. The van der Waals surface area contributed by atoms with Gasteiger partial charge < -0.3 is 5.11 Å². The Morgan fingerprint density at radius 3 is 2.56 bits per heavy atom. The van der Waals surface area contributed by atoms with E-state index in [9.17, 15) is 26.4 Å². The maximum Gasteiger partial charge on any atom is 0.434 e. The molecule has 1 heterocycles. The molecule has 0 saturated carbocycles. The topological polar surface area (TPSA) is 96.4 Å². The minimum Gasteiger partial charge on any atom is -0.480 e. The summed E-state index contributed by atoms with van der Waals surface area (Å²) in [6, 6.07) is 1.70. The third kappa shape index (κ3) is 3.40. The predicted molar refractivity (Wildman–Crippen MR) is 52.1 cm³/mol. The number of rotatable bonds is 4. The Morgan fingerprint density at radius 2 is 2.06 bits per heavy atom. The molecule has 0 aliphatic carbocycles. The summed E-state index contributed by atoms with van der Waals surface area (Å²) in [5.41, 5.74) is -1.59. The molecule has 0 saturated heterocycles. The second-order valence-corrected chi connectivity index (χ2v) is 4.80. The lowest BCUT2D eigenvalue weighted by Gasteiger charge is -2.11. The fourth-order valence-electron chi connectivity index (χ4n) is 1.05. The van der Waals surface area contributed by atoms with Gasteiger partial charge in [0.2, 0.25) is 10.0 Å². The van der Waals surface area contributed by atoms with Crippen LogP contribution in [0.2, 0.25) is 0 Å². The molecule has 1 aromatic heterocycles. The maximum atomic E-state index is 12.5. The minimum atomic E-state index is -4.95.